The Morgan fingerprint density at radius 2 is 2.19 bits per heavy atom. The summed E-state index contributed by atoms with van der Waals surface area (Å²) in [6, 6.07) is 0. The lowest BCUT2D eigenvalue weighted by molar-refractivity contribution is -0.0482. The fourth-order valence-electron chi connectivity index (χ4n) is 2.25. The van der Waals surface area contributed by atoms with E-state index in [0.29, 0.717) is 0 Å². The Labute approximate surface area is 122 Å². The van der Waals surface area contributed by atoms with Crippen molar-refractivity contribution in [1.29, 1.82) is 0 Å². The molecule has 0 aromatic carbocycles. The van der Waals surface area contributed by atoms with Gasteiger partial charge in [-0.3, -0.25) is 4.57 Å². The maximum Gasteiger partial charge on any atom is 0.256 e. The molecule has 2 unspecified atom stereocenters. The maximum absolute atomic E-state index is 14.5. The summed E-state index contributed by atoms with van der Waals surface area (Å²) < 4.78 is 20.9. The van der Waals surface area contributed by atoms with E-state index in [2.05, 4.69) is 15.0 Å². The van der Waals surface area contributed by atoms with Gasteiger partial charge in [0.1, 0.15) is 17.7 Å². The van der Waals surface area contributed by atoms with Gasteiger partial charge in [0.2, 0.25) is 5.95 Å². The first kappa shape index (κ1) is 14.2. The highest BCUT2D eigenvalue weighted by molar-refractivity contribution is 6.23. The molecule has 1 aliphatic heterocycles. The molecule has 1 fully saturated rings. The lowest BCUT2D eigenvalue weighted by Crippen LogP contribution is -2.38. The van der Waals surface area contributed by atoms with Crippen LogP contribution in [-0.4, -0.2) is 53.7 Å². The minimum atomic E-state index is -2.67. The van der Waals surface area contributed by atoms with Gasteiger partial charge in [-0.15, -0.1) is 0 Å². The molecule has 3 heterocycles. The second-order valence-corrected chi connectivity index (χ2v) is 5.20. The van der Waals surface area contributed by atoms with Gasteiger partial charge < -0.3 is 26.4 Å². The number of hydrogen-bond donors (Lipinski definition) is 4. The van der Waals surface area contributed by atoms with E-state index in [9.17, 15) is 9.50 Å². The molecule has 0 spiro atoms. The molecule has 9 nitrogen and oxygen atoms in total. The molecule has 11 heteroatoms. The molecule has 1 saturated heterocycles. The van der Waals surface area contributed by atoms with Gasteiger partial charge in [-0.25, -0.2) is 9.37 Å². The molecule has 0 bridgehead atoms. The van der Waals surface area contributed by atoms with Crippen LogP contribution in [0.5, 0.6) is 0 Å². The normalized spacial score (nSPS) is 32.9. The van der Waals surface area contributed by atoms with Crippen molar-refractivity contribution in [3.8, 4) is 0 Å². The van der Waals surface area contributed by atoms with Gasteiger partial charge in [-0.2, -0.15) is 9.97 Å². The van der Waals surface area contributed by atoms with Crippen molar-refractivity contribution in [2.45, 2.75) is 23.6 Å². The average molecular weight is 319 g/mol. The Kier molecular flexibility index (Phi) is 3.13. The molecule has 0 radical (unpaired) electrons. The Balaban J connectivity index is 2.13. The molecule has 1 aliphatic rings. The summed E-state index contributed by atoms with van der Waals surface area (Å²) in [6.07, 6.45) is -3.15. The number of alkyl halides is 2. The zero-order valence-corrected chi connectivity index (χ0v) is 11.3. The second-order valence-electron chi connectivity index (χ2n) is 4.62. The number of rotatable bonds is 2. The lowest BCUT2D eigenvalue weighted by Gasteiger charge is -2.22. The van der Waals surface area contributed by atoms with Gasteiger partial charge in [-0.1, -0.05) is 11.6 Å². The molecule has 0 saturated carbocycles. The average Bonchev–Trinajstić information content (AvgIpc) is 2.91. The van der Waals surface area contributed by atoms with E-state index < -0.39 is 30.2 Å². The molecule has 0 aliphatic carbocycles. The number of aromatic nitrogens is 4. The van der Waals surface area contributed by atoms with Gasteiger partial charge in [0.15, 0.2) is 17.7 Å². The summed E-state index contributed by atoms with van der Waals surface area (Å²) in [5.74, 6) is -0.106. The van der Waals surface area contributed by atoms with Crippen LogP contribution < -0.4 is 11.5 Å². The number of aliphatic hydroxyl groups excluding tert-OH is 2. The van der Waals surface area contributed by atoms with Crippen molar-refractivity contribution in [2.75, 3.05) is 18.1 Å². The third-order valence-electron chi connectivity index (χ3n) is 3.28. The topological polar surface area (TPSA) is 145 Å². The van der Waals surface area contributed by atoms with Crippen LogP contribution in [0.25, 0.3) is 11.2 Å². The minimum Gasteiger partial charge on any atom is -0.394 e. The number of imidazole rings is 1. The van der Waals surface area contributed by atoms with Gasteiger partial charge in [0, 0.05) is 0 Å². The minimum absolute atomic E-state index is 0.0209. The van der Waals surface area contributed by atoms with E-state index in [1.165, 1.54) is 6.33 Å². The van der Waals surface area contributed by atoms with Crippen LogP contribution in [0.1, 0.15) is 6.23 Å². The van der Waals surface area contributed by atoms with Gasteiger partial charge in [0.25, 0.3) is 5.13 Å². The van der Waals surface area contributed by atoms with Crippen molar-refractivity contribution in [3.63, 3.8) is 0 Å². The van der Waals surface area contributed by atoms with E-state index in [1.807, 2.05) is 0 Å². The van der Waals surface area contributed by atoms with Crippen molar-refractivity contribution in [3.05, 3.63) is 6.33 Å². The van der Waals surface area contributed by atoms with Crippen molar-refractivity contribution in [1.82, 2.24) is 19.5 Å². The molecule has 0 amide bonds. The standard InChI is InChI=1S/C10H12ClFN6O3/c11-10(12)5(20)3(1-19)21-8(10)18-2-15-4-6(13)16-9(14)17-7(4)18/h2-3,5,8,19-20H,1H2,(H4,13,14,16,17)/t3-,5?,8-,10?/m1/s1. The largest absolute Gasteiger partial charge is 0.394 e. The first-order valence-corrected chi connectivity index (χ1v) is 6.31. The van der Waals surface area contributed by atoms with Crippen molar-refractivity contribution >= 4 is 34.5 Å². The summed E-state index contributed by atoms with van der Waals surface area (Å²) in [4.78, 5) is 11.6. The maximum atomic E-state index is 14.5. The number of halogens is 2. The summed E-state index contributed by atoms with van der Waals surface area (Å²) in [6.45, 7) is -0.595. The van der Waals surface area contributed by atoms with E-state index in [4.69, 9.17) is 32.9 Å². The summed E-state index contributed by atoms with van der Waals surface area (Å²) in [5.41, 5.74) is 11.5. The number of nitrogens with two attached hydrogens (primary N) is 2. The van der Waals surface area contributed by atoms with E-state index in [0.717, 1.165) is 4.57 Å². The highest BCUT2D eigenvalue weighted by Gasteiger charge is 2.57. The number of aliphatic hydroxyl groups is 2. The van der Waals surface area contributed by atoms with Crippen LogP contribution in [0, 0.1) is 0 Å². The Morgan fingerprint density at radius 3 is 2.81 bits per heavy atom. The van der Waals surface area contributed by atoms with Crippen LogP contribution in [0.2, 0.25) is 0 Å². The molecular weight excluding hydrogens is 307 g/mol. The summed E-state index contributed by atoms with van der Waals surface area (Å²) in [7, 11) is 0. The number of anilines is 2. The van der Waals surface area contributed by atoms with Crippen molar-refractivity contribution < 1.29 is 19.3 Å². The number of hydrogen-bond acceptors (Lipinski definition) is 8. The molecule has 2 aromatic rings. The fraction of sp³-hybridized carbons (Fsp3) is 0.500. The quantitative estimate of drug-likeness (QED) is 0.524. The number of nitrogen functional groups attached to an aromatic ring is 2. The molecule has 2 aromatic heterocycles. The molecule has 3 rings (SSSR count). The third-order valence-corrected chi connectivity index (χ3v) is 3.69. The third kappa shape index (κ3) is 1.99. The van der Waals surface area contributed by atoms with E-state index in [-0.39, 0.29) is 22.9 Å². The Bertz CT molecular complexity index is 695. The molecule has 114 valence electrons. The molecule has 6 N–H and O–H groups in total. The van der Waals surface area contributed by atoms with Gasteiger partial charge in [-0.05, 0) is 0 Å². The lowest BCUT2D eigenvalue weighted by atomic mass is 10.1. The van der Waals surface area contributed by atoms with Crippen LogP contribution >= 0.6 is 11.6 Å². The van der Waals surface area contributed by atoms with E-state index >= 15 is 0 Å². The van der Waals surface area contributed by atoms with Crippen LogP contribution in [-0.2, 0) is 4.74 Å². The Hall–Kier alpha value is -1.75. The van der Waals surface area contributed by atoms with Gasteiger partial charge in [0.05, 0.1) is 12.9 Å². The van der Waals surface area contributed by atoms with Crippen LogP contribution in [0.3, 0.4) is 0 Å². The van der Waals surface area contributed by atoms with Crippen LogP contribution in [0.4, 0.5) is 16.2 Å². The van der Waals surface area contributed by atoms with Crippen LogP contribution in [0.15, 0.2) is 6.33 Å². The van der Waals surface area contributed by atoms with Crippen molar-refractivity contribution in [2.24, 2.45) is 0 Å². The fourth-order valence-corrected chi connectivity index (χ4v) is 2.54. The SMILES string of the molecule is Nc1nc(N)c2ncn([C@@H]3O[C@H](CO)C(O)C3(F)Cl)c2n1. The number of ether oxygens (including phenoxy) is 1. The first-order chi connectivity index (χ1) is 9.86. The predicted molar refractivity (Wildman–Crippen MR) is 70.8 cm³/mol. The highest BCUT2D eigenvalue weighted by Crippen LogP contribution is 2.45. The monoisotopic (exact) mass is 318 g/mol. The molecule has 21 heavy (non-hydrogen) atoms. The van der Waals surface area contributed by atoms with E-state index in [1.54, 1.807) is 0 Å². The van der Waals surface area contributed by atoms with Gasteiger partial charge >= 0.3 is 0 Å². The zero-order valence-electron chi connectivity index (χ0n) is 10.5. The first-order valence-electron chi connectivity index (χ1n) is 5.94. The predicted octanol–water partition coefficient (Wildman–Crippen LogP) is -0.854. The summed E-state index contributed by atoms with van der Waals surface area (Å²) >= 11 is 5.72. The zero-order chi connectivity index (χ0) is 15.4. The second kappa shape index (κ2) is 4.63. The smallest absolute Gasteiger partial charge is 0.256 e. The number of fused-ring (bicyclic) bond motifs is 1. The highest BCUT2D eigenvalue weighted by atomic mass is 35.5. The molecule has 4 atom stereocenters. The molecular formula is C10H12ClFN6O3. The Morgan fingerprint density at radius 1 is 1.48 bits per heavy atom. The number of nitrogens with zero attached hydrogens (tertiary/aromatic N) is 4. The summed E-state index contributed by atoms with van der Waals surface area (Å²) in [5, 5.41) is 16.2.